The van der Waals surface area contributed by atoms with E-state index < -0.39 is 11.9 Å². The van der Waals surface area contributed by atoms with Gasteiger partial charge in [-0.15, -0.1) is 0 Å². The molecule has 0 saturated carbocycles. The van der Waals surface area contributed by atoms with Gasteiger partial charge in [-0.3, -0.25) is 0 Å². The topological polar surface area (TPSA) is 55.8 Å². The minimum atomic E-state index is -1.36. The molecule has 0 unspecified atom stereocenters. The van der Waals surface area contributed by atoms with E-state index in [1.54, 1.807) is 24.3 Å². The van der Waals surface area contributed by atoms with Crippen molar-refractivity contribution in [3.63, 3.8) is 0 Å². The summed E-state index contributed by atoms with van der Waals surface area (Å²) in [5.41, 5.74) is 0. The highest BCUT2D eigenvalue weighted by Gasteiger charge is 2.24. The normalized spacial score (nSPS) is 10.7. The number of ether oxygens (including phenoxy) is 2. The minimum absolute atomic E-state index is 0.568. The maximum absolute atomic E-state index is 10.3. The molecule has 0 aliphatic rings. The summed E-state index contributed by atoms with van der Waals surface area (Å²) in [5, 5.41) is 8.42. The minimum Gasteiger partial charge on any atom is -0.453 e. The number of para-hydroxylation sites is 1. The summed E-state index contributed by atoms with van der Waals surface area (Å²) in [4.78, 5) is 10.3. The Bertz CT molecular complexity index is 305. The molecule has 1 aromatic carbocycles. The van der Waals surface area contributed by atoms with E-state index in [9.17, 15) is 4.79 Å². The van der Waals surface area contributed by atoms with Crippen LogP contribution in [0.15, 0.2) is 30.3 Å². The van der Waals surface area contributed by atoms with E-state index in [0.29, 0.717) is 5.75 Å². The number of benzene rings is 1. The maximum atomic E-state index is 10.3. The summed E-state index contributed by atoms with van der Waals surface area (Å²) in [6, 6.07) is 8.90. The van der Waals surface area contributed by atoms with Crippen LogP contribution in [0.4, 0.5) is 4.79 Å². The Hall–Kier alpha value is -1.71. The second-order valence-electron chi connectivity index (χ2n) is 3.18. The van der Waals surface area contributed by atoms with Crippen molar-refractivity contribution in [2.45, 2.75) is 19.6 Å². The Morgan fingerprint density at radius 1 is 1.29 bits per heavy atom. The zero-order valence-corrected chi connectivity index (χ0v) is 8.06. The van der Waals surface area contributed by atoms with Crippen LogP contribution < -0.4 is 4.74 Å². The summed E-state index contributed by atoms with van der Waals surface area (Å²) in [7, 11) is 0. The number of hydrogen-bond donors (Lipinski definition) is 1. The van der Waals surface area contributed by atoms with Gasteiger partial charge in [0.05, 0.1) is 0 Å². The van der Waals surface area contributed by atoms with Gasteiger partial charge in [-0.2, -0.15) is 0 Å². The summed E-state index contributed by atoms with van der Waals surface area (Å²) >= 11 is 0. The van der Waals surface area contributed by atoms with Gasteiger partial charge < -0.3 is 14.6 Å². The SMILES string of the molecule is CC(C)(OC(=O)O)Oc1ccccc1. The van der Waals surface area contributed by atoms with Crippen LogP contribution in [0.25, 0.3) is 0 Å². The lowest BCUT2D eigenvalue weighted by molar-refractivity contribution is -0.124. The molecule has 0 aliphatic carbocycles. The van der Waals surface area contributed by atoms with Crippen molar-refractivity contribution in [2.75, 3.05) is 0 Å². The van der Waals surface area contributed by atoms with Gasteiger partial charge in [-0.1, -0.05) is 18.2 Å². The molecule has 0 radical (unpaired) electrons. The second kappa shape index (κ2) is 4.00. The largest absolute Gasteiger partial charge is 0.509 e. The van der Waals surface area contributed by atoms with Crippen LogP contribution in [-0.2, 0) is 4.74 Å². The molecule has 0 aromatic heterocycles. The number of carbonyl (C=O) groups is 1. The molecule has 1 aromatic rings. The molecular formula is C10H12O4. The average molecular weight is 196 g/mol. The first-order chi connectivity index (χ1) is 6.49. The van der Waals surface area contributed by atoms with E-state index in [1.165, 1.54) is 13.8 Å². The van der Waals surface area contributed by atoms with Crippen molar-refractivity contribution in [3.8, 4) is 5.75 Å². The summed E-state index contributed by atoms with van der Waals surface area (Å²) in [6.45, 7) is 3.07. The monoisotopic (exact) mass is 196 g/mol. The molecule has 0 saturated heterocycles. The quantitative estimate of drug-likeness (QED) is 0.596. The molecule has 0 fully saturated rings. The molecule has 76 valence electrons. The van der Waals surface area contributed by atoms with Gasteiger partial charge in [-0.25, -0.2) is 4.79 Å². The zero-order valence-electron chi connectivity index (χ0n) is 8.06. The van der Waals surface area contributed by atoms with Gasteiger partial charge >= 0.3 is 6.16 Å². The standard InChI is InChI=1S/C10H12O4/c1-10(2,14-9(11)12)13-8-6-4-3-5-7-8/h3-7H,1-2H3,(H,11,12). The van der Waals surface area contributed by atoms with Crippen LogP contribution in [0.2, 0.25) is 0 Å². The van der Waals surface area contributed by atoms with Gasteiger partial charge in [0.2, 0.25) is 0 Å². The average Bonchev–Trinajstić information content (AvgIpc) is 2.02. The van der Waals surface area contributed by atoms with Crippen molar-refractivity contribution in [2.24, 2.45) is 0 Å². The fraction of sp³-hybridized carbons (Fsp3) is 0.300. The van der Waals surface area contributed by atoms with Crippen LogP contribution >= 0.6 is 0 Å². The van der Waals surface area contributed by atoms with Crippen LogP contribution in [0.3, 0.4) is 0 Å². The highest BCUT2D eigenvalue weighted by atomic mass is 16.8. The number of carboxylic acid groups (broad SMARTS) is 1. The zero-order chi connectivity index (χ0) is 10.6. The van der Waals surface area contributed by atoms with E-state index >= 15 is 0 Å². The number of rotatable bonds is 3. The third-order valence-corrected chi connectivity index (χ3v) is 1.44. The molecule has 4 nitrogen and oxygen atoms in total. The summed E-state index contributed by atoms with van der Waals surface area (Å²) < 4.78 is 9.85. The van der Waals surface area contributed by atoms with Gasteiger partial charge in [0, 0.05) is 13.8 Å². The smallest absolute Gasteiger partial charge is 0.453 e. The highest BCUT2D eigenvalue weighted by molar-refractivity contribution is 5.57. The van der Waals surface area contributed by atoms with Crippen molar-refractivity contribution in [1.82, 2.24) is 0 Å². The van der Waals surface area contributed by atoms with Gasteiger partial charge in [0.25, 0.3) is 5.79 Å². The van der Waals surface area contributed by atoms with E-state index in [-0.39, 0.29) is 0 Å². The van der Waals surface area contributed by atoms with E-state index in [0.717, 1.165) is 0 Å². The van der Waals surface area contributed by atoms with E-state index in [1.807, 2.05) is 6.07 Å². The molecule has 0 heterocycles. The lowest BCUT2D eigenvalue weighted by Gasteiger charge is -2.24. The molecule has 1 rings (SSSR count). The van der Waals surface area contributed by atoms with Crippen molar-refractivity contribution < 1.29 is 19.4 Å². The Morgan fingerprint density at radius 2 is 1.86 bits per heavy atom. The first-order valence-corrected chi connectivity index (χ1v) is 4.15. The van der Waals surface area contributed by atoms with Gasteiger partial charge in [-0.05, 0) is 12.1 Å². The second-order valence-corrected chi connectivity index (χ2v) is 3.18. The molecule has 4 heteroatoms. The van der Waals surface area contributed by atoms with Crippen LogP contribution in [0.1, 0.15) is 13.8 Å². The molecule has 0 amide bonds. The molecule has 1 N–H and O–H groups in total. The van der Waals surface area contributed by atoms with Gasteiger partial charge in [0.15, 0.2) is 0 Å². The van der Waals surface area contributed by atoms with Crippen LogP contribution in [-0.4, -0.2) is 17.0 Å². The first-order valence-electron chi connectivity index (χ1n) is 4.15. The molecule has 14 heavy (non-hydrogen) atoms. The van der Waals surface area contributed by atoms with Crippen LogP contribution in [0.5, 0.6) is 5.75 Å². The van der Waals surface area contributed by atoms with Gasteiger partial charge in [0.1, 0.15) is 5.75 Å². The summed E-state index contributed by atoms with van der Waals surface area (Å²) in [5.74, 6) is -0.605. The molecule has 0 atom stereocenters. The Labute approximate surface area is 82.1 Å². The number of hydrogen-bond acceptors (Lipinski definition) is 3. The molecule has 0 bridgehead atoms. The fourth-order valence-corrected chi connectivity index (χ4v) is 1.00. The van der Waals surface area contributed by atoms with Crippen LogP contribution in [0, 0.1) is 0 Å². The third kappa shape index (κ3) is 3.35. The maximum Gasteiger partial charge on any atom is 0.509 e. The molecular weight excluding hydrogens is 184 g/mol. The van der Waals surface area contributed by atoms with E-state index in [2.05, 4.69) is 4.74 Å². The predicted molar refractivity (Wildman–Crippen MR) is 50.3 cm³/mol. The Kier molecular flexibility index (Phi) is 2.96. The summed E-state index contributed by atoms with van der Waals surface area (Å²) in [6.07, 6.45) is -1.36. The predicted octanol–water partition coefficient (Wildman–Crippen LogP) is 2.50. The molecule has 0 spiro atoms. The lowest BCUT2D eigenvalue weighted by atomic mass is 10.3. The lowest BCUT2D eigenvalue weighted by Crippen LogP contribution is -2.33. The molecule has 0 aliphatic heterocycles. The Balaban J connectivity index is 2.63. The van der Waals surface area contributed by atoms with Crippen molar-refractivity contribution in [3.05, 3.63) is 30.3 Å². The first kappa shape index (κ1) is 10.4. The van der Waals surface area contributed by atoms with Crippen molar-refractivity contribution >= 4 is 6.16 Å². The highest BCUT2D eigenvalue weighted by Crippen LogP contribution is 2.18. The van der Waals surface area contributed by atoms with Crippen molar-refractivity contribution in [1.29, 1.82) is 0 Å². The van der Waals surface area contributed by atoms with E-state index in [4.69, 9.17) is 9.84 Å². The third-order valence-electron chi connectivity index (χ3n) is 1.44. The Morgan fingerprint density at radius 3 is 2.36 bits per heavy atom. The fourth-order valence-electron chi connectivity index (χ4n) is 1.00.